The third-order valence-electron chi connectivity index (χ3n) is 4.81. The molecule has 0 atom stereocenters. The molecule has 0 aliphatic carbocycles. The zero-order valence-corrected chi connectivity index (χ0v) is 14.5. The molecule has 7 heteroatoms. The average molecular weight is 368 g/mol. The van der Waals surface area contributed by atoms with Crippen LogP contribution >= 0.6 is 0 Å². The number of benzene rings is 2. The van der Waals surface area contributed by atoms with Crippen LogP contribution in [0.3, 0.4) is 0 Å². The molecule has 27 heavy (non-hydrogen) atoms. The van der Waals surface area contributed by atoms with Crippen molar-refractivity contribution < 1.29 is 13.6 Å². The smallest absolute Gasteiger partial charge is 0.227 e. The highest BCUT2D eigenvalue weighted by Crippen LogP contribution is 2.24. The SMILES string of the molecule is O=C(Nc1ccc(F)cc1F)C1CCN(c2cnc3ccccc3n2)CC1. The van der Waals surface area contributed by atoms with Gasteiger partial charge in [0.2, 0.25) is 5.91 Å². The molecule has 138 valence electrons. The lowest BCUT2D eigenvalue weighted by Gasteiger charge is -2.32. The van der Waals surface area contributed by atoms with E-state index in [0.717, 1.165) is 29.0 Å². The van der Waals surface area contributed by atoms with E-state index in [1.54, 1.807) is 6.20 Å². The lowest BCUT2D eigenvalue weighted by molar-refractivity contribution is -0.120. The summed E-state index contributed by atoms with van der Waals surface area (Å²) in [5.74, 6) is -1.12. The Balaban J connectivity index is 1.39. The quantitative estimate of drug-likeness (QED) is 0.765. The maximum absolute atomic E-state index is 13.7. The number of anilines is 2. The summed E-state index contributed by atoms with van der Waals surface area (Å²) in [5.41, 5.74) is 1.68. The topological polar surface area (TPSA) is 58.1 Å². The molecule has 1 fully saturated rings. The summed E-state index contributed by atoms with van der Waals surface area (Å²) >= 11 is 0. The van der Waals surface area contributed by atoms with Crippen LogP contribution in [-0.2, 0) is 4.79 Å². The van der Waals surface area contributed by atoms with Gasteiger partial charge in [-0.25, -0.2) is 13.8 Å². The number of hydrogen-bond donors (Lipinski definition) is 1. The van der Waals surface area contributed by atoms with E-state index in [1.165, 1.54) is 6.07 Å². The molecule has 1 aromatic heterocycles. The first-order chi connectivity index (χ1) is 13.1. The van der Waals surface area contributed by atoms with Gasteiger partial charge in [-0.2, -0.15) is 0 Å². The second kappa shape index (κ2) is 7.26. The van der Waals surface area contributed by atoms with Gasteiger partial charge < -0.3 is 10.2 Å². The average Bonchev–Trinajstić information content (AvgIpc) is 2.70. The number of fused-ring (bicyclic) bond motifs is 1. The fourth-order valence-electron chi connectivity index (χ4n) is 3.30. The lowest BCUT2D eigenvalue weighted by Crippen LogP contribution is -2.38. The molecule has 1 aliphatic heterocycles. The van der Waals surface area contributed by atoms with Crippen LogP contribution in [0.5, 0.6) is 0 Å². The van der Waals surface area contributed by atoms with Crippen LogP contribution in [0.1, 0.15) is 12.8 Å². The summed E-state index contributed by atoms with van der Waals surface area (Å²) in [5, 5.41) is 2.56. The van der Waals surface area contributed by atoms with Crippen molar-refractivity contribution in [3.8, 4) is 0 Å². The Morgan fingerprint density at radius 1 is 1.07 bits per heavy atom. The summed E-state index contributed by atoms with van der Waals surface area (Å²) < 4.78 is 26.7. The summed E-state index contributed by atoms with van der Waals surface area (Å²) in [7, 11) is 0. The zero-order valence-electron chi connectivity index (χ0n) is 14.5. The molecule has 3 aromatic rings. The number of rotatable bonds is 3. The van der Waals surface area contributed by atoms with Gasteiger partial charge in [0.15, 0.2) is 0 Å². The molecule has 0 spiro atoms. The zero-order chi connectivity index (χ0) is 18.8. The van der Waals surface area contributed by atoms with Gasteiger partial charge in [-0.15, -0.1) is 0 Å². The number of hydrogen-bond acceptors (Lipinski definition) is 4. The van der Waals surface area contributed by atoms with Crippen LogP contribution in [0.15, 0.2) is 48.7 Å². The summed E-state index contributed by atoms with van der Waals surface area (Å²) in [6, 6.07) is 10.8. The first kappa shape index (κ1) is 17.3. The van der Waals surface area contributed by atoms with E-state index in [2.05, 4.69) is 20.2 Å². The molecule has 0 unspecified atom stereocenters. The van der Waals surface area contributed by atoms with E-state index in [1.807, 2.05) is 24.3 Å². The van der Waals surface area contributed by atoms with E-state index < -0.39 is 11.6 Å². The van der Waals surface area contributed by atoms with Gasteiger partial charge in [0.1, 0.15) is 17.5 Å². The number of amides is 1. The molecule has 1 aliphatic rings. The van der Waals surface area contributed by atoms with Crippen molar-refractivity contribution in [2.45, 2.75) is 12.8 Å². The third kappa shape index (κ3) is 3.72. The van der Waals surface area contributed by atoms with Crippen molar-refractivity contribution >= 4 is 28.4 Å². The van der Waals surface area contributed by atoms with Crippen molar-refractivity contribution in [2.24, 2.45) is 5.92 Å². The van der Waals surface area contributed by atoms with E-state index in [-0.39, 0.29) is 17.5 Å². The van der Waals surface area contributed by atoms with Crippen LogP contribution in [0, 0.1) is 17.6 Å². The van der Waals surface area contributed by atoms with Gasteiger partial charge in [0, 0.05) is 25.1 Å². The van der Waals surface area contributed by atoms with Gasteiger partial charge in [0.25, 0.3) is 0 Å². The number of nitrogens with zero attached hydrogens (tertiary/aromatic N) is 3. The Labute approximate surface area is 155 Å². The highest BCUT2D eigenvalue weighted by Gasteiger charge is 2.26. The predicted molar refractivity (Wildman–Crippen MR) is 99.5 cm³/mol. The van der Waals surface area contributed by atoms with Gasteiger partial charge >= 0.3 is 0 Å². The van der Waals surface area contributed by atoms with Crippen molar-refractivity contribution in [1.82, 2.24) is 9.97 Å². The Bertz CT molecular complexity index is 987. The Hall–Kier alpha value is -3.09. The van der Waals surface area contributed by atoms with Crippen molar-refractivity contribution in [3.63, 3.8) is 0 Å². The molecular formula is C20H18F2N4O. The highest BCUT2D eigenvalue weighted by molar-refractivity contribution is 5.92. The van der Waals surface area contributed by atoms with Gasteiger partial charge in [-0.05, 0) is 37.1 Å². The Kier molecular flexibility index (Phi) is 4.66. The molecule has 1 amide bonds. The maximum atomic E-state index is 13.7. The minimum atomic E-state index is -0.771. The molecule has 5 nitrogen and oxygen atoms in total. The molecule has 2 heterocycles. The number of carbonyl (C=O) groups is 1. The first-order valence-electron chi connectivity index (χ1n) is 8.83. The second-order valence-corrected chi connectivity index (χ2v) is 6.59. The van der Waals surface area contributed by atoms with Gasteiger partial charge in [-0.1, -0.05) is 12.1 Å². The van der Waals surface area contributed by atoms with Crippen molar-refractivity contribution in [1.29, 1.82) is 0 Å². The van der Waals surface area contributed by atoms with Crippen molar-refractivity contribution in [2.75, 3.05) is 23.3 Å². The normalized spacial score (nSPS) is 15.1. The maximum Gasteiger partial charge on any atom is 0.227 e. The molecule has 1 N–H and O–H groups in total. The molecule has 2 aromatic carbocycles. The van der Waals surface area contributed by atoms with E-state index in [0.29, 0.717) is 25.9 Å². The third-order valence-corrected chi connectivity index (χ3v) is 4.81. The predicted octanol–water partition coefficient (Wildman–Crippen LogP) is 3.76. The van der Waals surface area contributed by atoms with Gasteiger partial charge in [0.05, 0.1) is 22.9 Å². The molecule has 1 saturated heterocycles. The largest absolute Gasteiger partial charge is 0.355 e. The first-order valence-corrected chi connectivity index (χ1v) is 8.83. The molecule has 4 rings (SSSR count). The molecule has 0 radical (unpaired) electrons. The monoisotopic (exact) mass is 368 g/mol. The minimum absolute atomic E-state index is 0.00391. The summed E-state index contributed by atoms with van der Waals surface area (Å²) in [6.45, 7) is 1.33. The van der Waals surface area contributed by atoms with Crippen LogP contribution in [0.4, 0.5) is 20.3 Å². The number of aromatic nitrogens is 2. The number of para-hydroxylation sites is 2. The Morgan fingerprint density at radius 2 is 1.81 bits per heavy atom. The molecule has 0 bridgehead atoms. The van der Waals surface area contributed by atoms with E-state index in [9.17, 15) is 13.6 Å². The summed E-state index contributed by atoms with van der Waals surface area (Å²) in [6.07, 6.45) is 3.00. The van der Waals surface area contributed by atoms with Crippen LogP contribution in [0.2, 0.25) is 0 Å². The lowest BCUT2D eigenvalue weighted by atomic mass is 9.96. The fraction of sp³-hybridized carbons (Fsp3) is 0.250. The standard InChI is InChI=1S/C20H18F2N4O/c21-14-5-6-16(15(22)11-14)25-20(27)13-7-9-26(10-8-13)19-12-23-17-3-1-2-4-18(17)24-19/h1-6,11-13H,7-10H2,(H,25,27). The Morgan fingerprint density at radius 3 is 2.56 bits per heavy atom. The van der Waals surface area contributed by atoms with E-state index in [4.69, 9.17) is 0 Å². The van der Waals surface area contributed by atoms with E-state index >= 15 is 0 Å². The van der Waals surface area contributed by atoms with Crippen molar-refractivity contribution in [3.05, 3.63) is 60.3 Å². The van der Waals surface area contributed by atoms with Gasteiger partial charge in [-0.3, -0.25) is 9.78 Å². The number of nitrogens with one attached hydrogen (secondary N) is 1. The van der Waals surface area contributed by atoms with Crippen LogP contribution in [-0.4, -0.2) is 29.0 Å². The number of piperidine rings is 1. The highest BCUT2D eigenvalue weighted by atomic mass is 19.1. The minimum Gasteiger partial charge on any atom is -0.355 e. The van der Waals surface area contributed by atoms with Crippen LogP contribution in [0.25, 0.3) is 11.0 Å². The number of carbonyl (C=O) groups excluding carboxylic acids is 1. The number of halogens is 2. The summed E-state index contributed by atoms with van der Waals surface area (Å²) in [4.78, 5) is 23.6. The van der Waals surface area contributed by atoms with Crippen LogP contribution < -0.4 is 10.2 Å². The second-order valence-electron chi connectivity index (χ2n) is 6.59. The fourth-order valence-corrected chi connectivity index (χ4v) is 3.30. The molecular weight excluding hydrogens is 350 g/mol. The molecule has 0 saturated carbocycles.